The number of para-hydroxylation sites is 1. The lowest BCUT2D eigenvalue weighted by atomic mass is 10.0. The Morgan fingerprint density at radius 2 is 1.92 bits per heavy atom. The second-order valence-electron chi connectivity index (χ2n) is 8.07. The van der Waals surface area contributed by atoms with Crippen LogP contribution in [0.5, 0.6) is 5.75 Å². The standard InChI is InChI=1S/C28H15Br2ClN4O4/c29-17-11-16(26(20(30)12-17)39-28(37)22-9-4-10-38-22)14-33-35-27(36)25-23(18-6-1-2-8-21(18)31)19-7-3-5-15(13-32)24(19)34-25/h1-12,14,34H,(H,35,36). The van der Waals surface area contributed by atoms with Gasteiger partial charge in [-0.3, -0.25) is 4.79 Å². The fraction of sp³-hybridized carbons (Fsp3) is 0. The van der Waals surface area contributed by atoms with Crippen LogP contribution in [0.2, 0.25) is 5.02 Å². The average molecular weight is 667 g/mol. The topological polar surface area (TPSA) is 120 Å². The van der Waals surface area contributed by atoms with Crippen LogP contribution in [0.4, 0.5) is 0 Å². The number of rotatable bonds is 6. The quantitative estimate of drug-likeness (QED) is 0.0844. The minimum Gasteiger partial charge on any atom is -0.457 e. The van der Waals surface area contributed by atoms with E-state index in [2.05, 4.69) is 53.4 Å². The van der Waals surface area contributed by atoms with Gasteiger partial charge in [0, 0.05) is 31.6 Å². The molecular weight excluding hydrogens is 652 g/mol. The van der Waals surface area contributed by atoms with Gasteiger partial charge in [0.15, 0.2) is 5.75 Å². The first-order chi connectivity index (χ1) is 18.9. The summed E-state index contributed by atoms with van der Waals surface area (Å²) in [6, 6.07) is 20.9. The summed E-state index contributed by atoms with van der Waals surface area (Å²) in [5.41, 5.74) is 5.13. The fourth-order valence-electron chi connectivity index (χ4n) is 3.96. The van der Waals surface area contributed by atoms with Gasteiger partial charge < -0.3 is 14.1 Å². The molecule has 0 radical (unpaired) electrons. The van der Waals surface area contributed by atoms with Crippen LogP contribution in [0.1, 0.15) is 32.2 Å². The third-order valence-electron chi connectivity index (χ3n) is 5.65. The number of carbonyl (C=O) groups is 2. The number of hydrogen-bond acceptors (Lipinski definition) is 6. The van der Waals surface area contributed by atoms with Crippen molar-refractivity contribution in [1.82, 2.24) is 10.4 Å². The molecule has 0 unspecified atom stereocenters. The van der Waals surface area contributed by atoms with Crippen molar-refractivity contribution in [3.63, 3.8) is 0 Å². The van der Waals surface area contributed by atoms with Crippen LogP contribution >= 0.6 is 43.5 Å². The molecule has 0 fully saturated rings. The Balaban J connectivity index is 1.49. The number of aromatic amines is 1. The number of amides is 1. The molecule has 0 aliphatic heterocycles. The van der Waals surface area contributed by atoms with E-state index in [1.165, 1.54) is 18.5 Å². The van der Waals surface area contributed by atoms with Crippen molar-refractivity contribution in [1.29, 1.82) is 5.26 Å². The lowest BCUT2D eigenvalue weighted by Crippen LogP contribution is -2.19. The normalized spacial score (nSPS) is 11.0. The van der Waals surface area contributed by atoms with Crippen molar-refractivity contribution >= 4 is 72.5 Å². The molecule has 5 aromatic rings. The maximum atomic E-state index is 13.4. The van der Waals surface area contributed by atoms with Gasteiger partial charge in [0.2, 0.25) is 5.76 Å². The highest BCUT2D eigenvalue weighted by atomic mass is 79.9. The number of ether oxygens (including phenoxy) is 1. The van der Waals surface area contributed by atoms with E-state index in [1.807, 2.05) is 12.1 Å². The largest absolute Gasteiger partial charge is 0.457 e. The summed E-state index contributed by atoms with van der Waals surface area (Å²) in [6.45, 7) is 0. The third kappa shape index (κ3) is 5.38. The van der Waals surface area contributed by atoms with E-state index in [9.17, 15) is 14.9 Å². The van der Waals surface area contributed by atoms with E-state index < -0.39 is 11.9 Å². The van der Waals surface area contributed by atoms with Gasteiger partial charge in [-0.05, 0) is 52.3 Å². The Bertz CT molecular complexity index is 1810. The van der Waals surface area contributed by atoms with Gasteiger partial charge in [-0.15, -0.1) is 0 Å². The molecule has 11 heteroatoms. The van der Waals surface area contributed by atoms with Crippen LogP contribution in [0.3, 0.4) is 0 Å². The van der Waals surface area contributed by atoms with Crippen molar-refractivity contribution in [2.24, 2.45) is 5.10 Å². The van der Waals surface area contributed by atoms with Gasteiger partial charge in [-0.2, -0.15) is 10.4 Å². The monoisotopic (exact) mass is 664 g/mol. The molecule has 0 saturated heterocycles. The zero-order chi connectivity index (χ0) is 27.5. The second kappa shape index (κ2) is 11.3. The predicted octanol–water partition coefficient (Wildman–Crippen LogP) is 7.46. The molecule has 8 nitrogen and oxygen atoms in total. The van der Waals surface area contributed by atoms with Crippen LogP contribution in [0.15, 0.2) is 91.5 Å². The van der Waals surface area contributed by atoms with Crippen LogP contribution in [-0.4, -0.2) is 23.1 Å². The van der Waals surface area contributed by atoms with Crippen molar-refractivity contribution in [2.45, 2.75) is 0 Å². The summed E-state index contributed by atoms with van der Waals surface area (Å²) in [5.74, 6) is -1.05. The number of nitrogens with one attached hydrogen (secondary N) is 2. The Morgan fingerprint density at radius 1 is 1.10 bits per heavy atom. The molecule has 5 rings (SSSR count). The van der Waals surface area contributed by atoms with Gasteiger partial charge in [0.1, 0.15) is 11.8 Å². The molecule has 3 aromatic carbocycles. The predicted molar refractivity (Wildman–Crippen MR) is 154 cm³/mol. The Hall–Kier alpha value is -4.17. The Labute approximate surface area is 243 Å². The molecule has 2 aromatic heterocycles. The first kappa shape index (κ1) is 26.4. The Morgan fingerprint density at radius 3 is 2.67 bits per heavy atom. The molecule has 0 bridgehead atoms. The van der Waals surface area contributed by atoms with E-state index in [0.29, 0.717) is 47.1 Å². The number of hydrogen-bond donors (Lipinski definition) is 2. The van der Waals surface area contributed by atoms with Crippen molar-refractivity contribution in [3.8, 4) is 22.9 Å². The number of esters is 1. The summed E-state index contributed by atoms with van der Waals surface area (Å²) in [6.07, 6.45) is 2.71. The number of benzene rings is 3. The van der Waals surface area contributed by atoms with E-state index in [4.69, 9.17) is 20.8 Å². The molecular formula is C28H15Br2ClN4O4. The van der Waals surface area contributed by atoms with Crippen molar-refractivity contribution in [2.75, 3.05) is 0 Å². The highest BCUT2D eigenvalue weighted by Crippen LogP contribution is 2.37. The number of hydrazone groups is 1. The highest BCUT2D eigenvalue weighted by Gasteiger charge is 2.22. The first-order valence-corrected chi connectivity index (χ1v) is 13.2. The maximum absolute atomic E-state index is 13.4. The van der Waals surface area contributed by atoms with E-state index in [-0.39, 0.29) is 17.2 Å². The second-order valence-corrected chi connectivity index (χ2v) is 10.2. The SMILES string of the molecule is N#Cc1cccc2c(-c3ccccc3Cl)c(C(=O)NN=Cc3cc(Br)cc(Br)c3OC(=O)c3ccco3)[nH]c12. The molecule has 192 valence electrons. The van der Waals surface area contributed by atoms with Crippen LogP contribution in [0, 0.1) is 11.3 Å². The number of fused-ring (bicyclic) bond motifs is 1. The number of H-pyrrole nitrogens is 1. The number of nitrogens with zero attached hydrogens (tertiary/aromatic N) is 2. The lowest BCUT2D eigenvalue weighted by Gasteiger charge is -2.10. The van der Waals surface area contributed by atoms with Crippen LogP contribution in [0.25, 0.3) is 22.0 Å². The number of furan rings is 1. The van der Waals surface area contributed by atoms with Gasteiger partial charge in [-0.1, -0.05) is 57.9 Å². The fourth-order valence-corrected chi connectivity index (χ4v) is 5.53. The molecule has 2 heterocycles. The first-order valence-electron chi connectivity index (χ1n) is 11.2. The highest BCUT2D eigenvalue weighted by molar-refractivity contribution is 9.11. The van der Waals surface area contributed by atoms with E-state index >= 15 is 0 Å². The molecule has 0 saturated carbocycles. The Kier molecular flexibility index (Phi) is 7.65. The van der Waals surface area contributed by atoms with E-state index in [1.54, 1.807) is 48.5 Å². The summed E-state index contributed by atoms with van der Waals surface area (Å²) in [4.78, 5) is 28.9. The van der Waals surface area contributed by atoms with E-state index in [0.717, 1.165) is 0 Å². The number of halogens is 3. The van der Waals surface area contributed by atoms with Crippen molar-refractivity contribution in [3.05, 3.63) is 110 Å². The summed E-state index contributed by atoms with van der Waals surface area (Å²) in [7, 11) is 0. The lowest BCUT2D eigenvalue weighted by molar-refractivity contribution is 0.0699. The molecule has 2 N–H and O–H groups in total. The number of nitriles is 1. The molecule has 39 heavy (non-hydrogen) atoms. The zero-order valence-corrected chi connectivity index (χ0v) is 23.6. The third-order valence-corrected chi connectivity index (χ3v) is 7.02. The van der Waals surface area contributed by atoms with Crippen molar-refractivity contribution < 1.29 is 18.7 Å². The molecule has 0 aliphatic carbocycles. The summed E-state index contributed by atoms with van der Waals surface area (Å²) >= 11 is 13.3. The maximum Gasteiger partial charge on any atom is 0.379 e. The smallest absolute Gasteiger partial charge is 0.379 e. The molecule has 0 aliphatic rings. The zero-order valence-electron chi connectivity index (χ0n) is 19.7. The number of carbonyl (C=O) groups excluding carboxylic acids is 2. The van der Waals surface area contributed by atoms with Crippen LogP contribution < -0.4 is 10.2 Å². The van der Waals surface area contributed by atoms with Gasteiger partial charge >= 0.3 is 5.97 Å². The van der Waals surface area contributed by atoms with Gasteiger partial charge in [0.25, 0.3) is 5.91 Å². The minimum absolute atomic E-state index is 0.0312. The average Bonchev–Trinajstić information content (AvgIpc) is 3.59. The summed E-state index contributed by atoms with van der Waals surface area (Å²) < 4.78 is 11.8. The minimum atomic E-state index is -0.697. The van der Waals surface area contributed by atoms with Crippen LogP contribution in [-0.2, 0) is 0 Å². The van der Waals surface area contributed by atoms with Gasteiger partial charge in [-0.25, -0.2) is 10.2 Å². The van der Waals surface area contributed by atoms with Gasteiger partial charge in [0.05, 0.1) is 28.0 Å². The molecule has 0 spiro atoms. The molecule has 1 amide bonds. The molecule has 0 atom stereocenters. The number of aromatic nitrogens is 1. The summed E-state index contributed by atoms with van der Waals surface area (Å²) in [5, 5.41) is 14.8.